The van der Waals surface area contributed by atoms with Crippen molar-refractivity contribution >= 4 is 33.4 Å². The molecule has 1 spiro atoms. The molecule has 4 rings (SSSR count). The van der Waals surface area contributed by atoms with Crippen LogP contribution in [0.15, 0.2) is 51.6 Å². The molecule has 1 aliphatic heterocycles. The van der Waals surface area contributed by atoms with E-state index in [0.717, 1.165) is 18.6 Å². The van der Waals surface area contributed by atoms with Crippen LogP contribution < -0.4 is 0 Å². The fraction of sp³-hybridized carbons (Fsp3) is 0.364. The maximum absolute atomic E-state index is 6.21. The quantitative estimate of drug-likeness (QED) is 0.369. The van der Waals surface area contributed by atoms with Crippen LogP contribution in [0.4, 0.5) is 0 Å². The summed E-state index contributed by atoms with van der Waals surface area (Å²) >= 11 is 2.43. The zero-order valence-corrected chi connectivity index (χ0v) is 15.9. The molecule has 24 heavy (non-hydrogen) atoms. The summed E-state index contributed by atoms with van der Waals surface area (Å²) in [5.41, 5.74) is 2.57. The number of ether oxygens (including phenoxy) is 1. The molecule has 1 saturated heterocycles. The highest BCUT2D eigenvalue weighted by Gasteiger charge is 2.41. The Morgan fingerprint density at radius 2 is 1.79 bits per heavy atom. The van der Waals surface area contributed by atoms with Crippen molar-refractivity contribution in [2.75, 3.05) is 6.61 Å². The maximum Gasteiger partial charge on any atom is 0.0911 e. The number of hydrogen-bond acceptors (Lipinski definition) is 1. The zero-order valence-electron chi connectivity index (χ0n) is 13.8. The normalized spacial score (nSPS) is 21.5. The van der Waals surface area contributed by atoms with Gasteiger partial charge in [0, 0.05) is 5.56 Å². The van der Waals surface area contributed by atoms with E-state index in [0.29, 0.717) is 0 Å². The summed E-state index contributed by atoms with van der Waals surface area (Å²) in [6, 6.07) is 14.8. The standard InChI is InChI=1S/C22H21IO/c23-21(20-13-16-24-22(20)14-4-1-5-15-22)12-11-18-9-6-8-17-7-2-3-10-19(17)18/h2-3,6-10H,1,4-5,13-16H2/b21-20-. The Labute approximate surface area is 157 Å². The third-order valence-electron chi connectivity index (χ3n) is 5.30. The molecule has 0 atom stereocenters. The Balaban J connectivity index is 1.71. The number of benzene rings is 2. The lowest BCUT2D eigenvalue weighted by Gasteiger charge is -2.34. The summed E-state index contributed by atoms with van der Waals surface area (Å²) in [5.74, 6) is 6.86. The molecular formula is C22H21IO. The molecular weight excluding hydrogens is 407 g/mol. The first-order valence-corrected chi connectivity index (χ1v) is 9.89. The minimum atomic E-state index is 0.00219. The fourth-order valence-corrected chi connectivity index (χ4v) is 4.97. The number of fused-ring (bicyclic) bond motifs is 1. The lowest BCUT2D eigenvalue weighted by molar-refractivity contribution is -0.00397. The second kappa shape index (κ2) is 6.90. The maximum atomic E-state index is 6.21. The molecule has 1 aliphatic carbocycles. The summed E-state index contributed by atoms with van der Waals surface area (Å²) in [5, 5.41) is 2.48. The van der Waals surface area contributed by atoms with E-state index in [-0.39, 0.29) is 5.60 Å². The van der Waals surface area contributed by atoms with Crippen molar-refractivity contribution in [1.29, 1.82) is 0 Å². The van der Waals surface area contributed by atoms with Gasteiger partial charge in [0.1, 0.15) is 0 Å². The fourth-order valence-electron chi connectivity index (χ4n) is 4.07. The van der Waals surface area contributed by atoms with E-state index in [1.165, 1.54) is 52.0 Å². The van der Waals surface area contributed by atoms with Crippen molar-refractivity contribution in [3.63, 3.8) is 0 Å². The highest BCUT2D eigenvalue weighted by Crippen LogP contribution is 2.45. The van der Waals surface area contributed by atoms with Crippen LogP contribution in [0.5, 0.6) is 0 Å². The first-order valence-electron chi connectivity index (χ1n) is 8.81. The molecule has 1 nitrogen and oxygen atoms in total. The highest BCUT2D eigenvalue weighted by molar-refractivity contribution is 14.1. The summed E-state index contributed by atoms with van der Waals surface area (Å²) < 4.78 is 7.40. The third-order valence-corrected chi connectivity index (χ3v) is 6.22. The molecule has 0 radical (unpaired) electrons. The van der Waals surface area contributed by atoms with Gasteiger partial charge in [-0.2, -0.15) is 0 Å². The molecule has 1 saturated carbocycles. The Morgan fingerprint density at radius 3 is 2.67 bits per heavy atom. The van der Waals surface area contributed by atoms with Crippen LogP contribution in [0.25, 0.3) is 10.8 Å². The van der Waals surface area contributed by atoms with Gasteiger partial charge in [0.05, 0.1) is 15.8 Å². The molecule has 2 heteroatoms. The molecule has 2 aromatic rings. The van der Waals surface area contributed by atoms with Crippen molar-refractivity contribution in [3.05, 3.63) is 57.2 Å². The Hall–Kier alpha value is -1.31. The molecule has 0 aromatic heterocycles. The van der Waals surface area contributed by atoms with Crippen LogP contribution in [0.2, 0.25) is 0 Å². The van der Waals surface area contributed by atoms with E-state index in [4.69, 9.17) is 4.74 Å². The number of allylic oxidation sites excluding steroid dienone is 1. The predicted molar refractivity (Wildman–Crippen MR) is 108 cm³/mol. The van der Waals surface area contributed by atoms with Crippen LogP contribution in [0, 0.1) is 11.8 Å². The molecule has 2 fully saturated rings. The van der Waals surface area contributed by atoms with Crippen molar-refractivity contribution in [3.8, 4) is 11.8 Å². The monoisotopic (exact) mass is 428 g/mol. The predicted octanol–water partition coefficient (Wildman–Crippen LogP) is 6.00. The van der Waals surface area contributed by atoms with E-state index < -0.39 is 0 Å². The lowest BCUT2D eigenvalue weighted by atomic mass is 9.79. The van der Waals surface area contributed by atoms with Gasteiger partial charge in [-0.25, -0.2) is 0 Å². The smallest absolute Gasteiger partial charge is 0.0911 e. The van der Waals surface area contributed by atoms with E-state index >= 15 is 0 Å². The molecule has 0 amide bonds. The third kappa shape index (κ3) is 3.00. The number of hydrogen-bond donors (Lipinski definition) is 0. The lowest BCUT2D eigenvalue weighted by Crippen LogP contribution is -2.32. The van der Waals surface area contributed by atoms with Gasteiger partial charge in [0.15, 0.2) is 0 Å². The molecule has 0 N–H and O–H groups in total. The summed E-state index contributed by atoms with van der Waals surface area (Å²) in [7, 11) is 0. The van der Waals surface area contributed by atoms with E-state index in [9.17, 15) is 0 Å². The summed E-state index contributed by atoms with van der Waals surface area (Å²) in [6.07, 6.45) is 7.29. The van der Waals surface area contributed by atoms with Crippen LogP contribution in [0.3, 0.4) is 0 Å². The van der Waals surface area contributed by atoms with Crippen molar-refractivity contribution in [2.24, 2.45) is 0 Å². The van der Waals surface area contributed by atoms with Gasteiger partial charge in [-0.05, 0) is 64.3 Å². The average molecular weight is 428 g/mol. The van der Waals surface area contributed by atoms with Gasteiger partial charge >= 0.3 is 0 Å². The Bertz CT molecular complexity index is 842. The SMILES string of the molecule is I/C(C#Cc1cccc2ccccc12)=C1/CCOC12CCCCC2. The van der Waals surface area contributed by atoms with Gasteiger partial charge in [0.25, 0.3) is 0 Å². The molecule has 2 aromatic carbocycles. The van der Waals surface area contributed by atoms with Crippen molar-refractivity contribution < 1.29 is 4.74 Å². The van der Waals surface area contributed by atoms with Gasteiger partial charge in [-0.3, -0.25) is 0 Å². The molecule has 1 heterocycles. The first kappa shape index (κ1) is 16.2. The van der Waals surface area contributed by atoms with Crippen LogP contribution >= 0.6 is 22.6 Å². The number of halogens is 1. The minimum absolute atomic E-state index is 0.00219. The van der Waals surface area contributed by atoms with Crippen molar-refractivity contribution in [1.82, 2.24) is 0 Å². The molecule has 122 valence electrons. The van der Waals surface area contributed by atoms with Gasteiger partial charge in [0.2, 0.25) is 0 Å². The molecule has 2 aliphatic rings. The average Bonchev–Trinajstić information content (AvgIpc) is 3.03. The van der Waals surface area contributed by atoms with Gasteiger partial charge in [-0.15, -0.1) is 0 Å². The van der Waals surface area contributed by atoms with E-state index in [2.05, 4.69) is 76.9 Å². The van der Waals surface area contributed by atoms with Crippen LogP contribution in [0.1, 0.15) is 44.1 Å². The second-order valence-electron chi connectivity index (χ2n) is 6.72. The van der Waals surface area contributed by atoms with Crippen LogP contribution in [-0.2, 0) is 4.74 Å². The molecule has 0 bridgehead atoms. The van der Waals surface area contributed by atoms with Gasteiger partial charge < -0.3 is 4.74 Å². The van der Waals surface area contributed by atoms with Crippen LogP contribution in [-0.4, -0.2) is 12.2 Å². The second-order valence-corrected chi connectivity index (χ2v) is 7.80. The molecule has 0 unspecified atom stereocenters. The van der Waals surface area contributed by atoms with Crippen molar-refractivity contribution in [2.45, 2.75) is 44.1 Å². The number of rotatable bonds is 0. The summed E-state index contributed by atoms with van der Waals surface area (Å²) in [6.45, 7) is 0.859. The van der Waals surface area contributed by atoms with E-state index in [1.54, 1.807) is 0 Å². The largest absolute Gasteiger partial charge is 0.370 e. The zero-order chi connectivity index (χ0) is 16.4. The highest BCUT2D eigenvalue weighted by atomic mass is 127. The Morgan fingerprint density at radius 1 is 1.00 bits per heavy atom. The van der Waals surface area contributed by atoms with E-state index in [1.807, 2.05) is 0 Å². The van der Waals surface area contributed by atoms with Gasteiger partial charge in [-0.1, -0.05) is 67.5 Å². The topological polar surface area (TPSA) is 9.23 Å². The first-order chi connectivity index (χ1) is 11.8. The Kier molecular flexibility index (Phi) is 4.65. The minimum Gasteiger partial charge on any atom is -0.370 e. The summed E-state index contributed by atoms with van der Waals surface area (Å²) in [4.78, 5) is 0.